The van der Waals surface area contributed by atoms with E-state index in [1.54, 1.807) is 4.90 Å². The van der Waals surface area contributed by atoms with Crippen molar-refractivity contribution in [2.75, 3.05) is 6.54 Å². The summed E-state index contributed by atoms with van der Waals surface area (Å²) in [5.41, 5.74) is 1.16. The second-order valence-corrected chi connectivity index (χ2v) is 5.84. The standard InChI is InChI=1S/C16H17N5O2/c22-15(12-9-10-5-1-2-6-11(10)17-12)21-8-4-3-7-13(21)14-18-16(23)20-19-14/h1-2,5-6,9,13,17H,3-4,7-8H2,(H2,18,19,20,23). The molecule has 4 rings (SSSR count). The first-order chi connectivity index (χ1) is 11.2. The minimum atomic E-state index is -0.344. The zero-order valence-electron chi connectivity index (χ0n) is 12.5. The number of para-hydroxylation sites is 1. The minimum Gasteiger partial charge on any atom is -0.351 e. The van der Waals surface area contributed by atoms with Gasteiger partial charge in [0.05, 0.1) is 6.04 Å². The third-order valence-electron chi connectivity index (χ3n) is 4.36. The van der Waals surface area contributed by atoms with Crippen molar-refractivity contribution < 1.29 is 4.79 Å². The number of aromatic amines is 3. The van der Waals surface area contributed by atoms with Crippen LogP contribution in [0.2, 0.25) is 0 Å². The number of benzene rings is 1. The predicted octanol–water partition coefficient (Wildman–Crippen LogP) is 1.95. The molecule has 1 amide bonds. The molecule has 0 spiro atoms. The molecule has 1 saturated heterocycles. The van der Waals surface area contributed by atoms with Crippen molar-refractivity contribution in [2.45, 2.75) is 25.3 Å². The molecule has 0 aliphatic carbocycles. The quantitative estimate of drug-likeness (QED) is 0.674. The molecule has 1 aromatic carbocycles. The molecule has 23 heavy (non-hydrogen) atoms. The summed E-state index contributed by atoms with van der Waals surface area (Å²) < 4.78 is 0. The number of carbonyl (C=O) groups excluding carboxylic acids is 1. The second kappa shape index (κ2) is 5.42. The first kappa shape index (κ1) is 13.8. The number of nitrogens with one attached hydrogen (secondary N) is 3. The van der Waals surface area contributed by atoms with Crippen LogP contribution in [0.3, 0.4) is 0 Å². The summed E-state index contributed by atoms with van der Waals surface area (Å²) in [6.45, 7) is 0.660. The van der Waals surface area contributed by atoms with Crippen molar-refractivity contribution in [1.29, 1.82) is 0 Å². The van der Waals surface area contributed by atoms with Gasteiger partial charge in [-0.2, -0.15) is 5.10 Å². The lowest BCUT2D eigenvalue weighted by Crippen LogP contribution is -2.39. The summed E-state index contributed by atoms with van der Waals surface area (Å²) in [7, 11) is 0. The number of rotatable bonds is 2. The number of fused-ring (bicyclic) bond motifs is 1. The van der Waals surface area contributed by atoms with Crippen LogP contribution in [0.4, 0.5) is 0 Å². The molecule has 0 bridgehead atoms. The van der Waals surface area contributed by atoms with E-state index in [9.17, 15) is 9.59 Å². The summed E-state index contributed by atoms with van der Waals surface area (Å²) >= 11 is 0. The maximum atomic E-state index is 12.9. The third-order valence-corrected chi connectivity index (χ3v) is 4.36. The van der Waals surface area contributed by atoms with Gasteiger partial charge >= 0.3 is 5.69 Å². The number of hydrogen-bond donors (Lipinski definition) is 3. The molecule has 3 aromatic rings. The van der Waals surface area contributed by atoms with Crippen molar-refractivity contribution >= 4 is 16.8 Å². The molecule has 2 aromatic heterocycles. The molecule has 1 atom stereocenters. The molecule has 118 valence electrons. The van der Waals surface area contributed by atoms with Gasteiger partial charge in [-0.25, -0.2) is 9.89 Å². The average Bonchev–Trinajstić information content (AvgIpc) is 3.20. The Bertz CT molecular complexity index is 873. The normalized spacial score (nSPS) is 18.4. The highest BCUT2D eigenvalue weighted by molar-refractivity contribution is 5.98. The van der Waals surface area contributed by atoms with Crippen molar-refractivity contribution in [3.63, 3.8) is 0 Å². The number of aromatic nitrogens is 4. The van der Waals surface area contributed by atoms with Crippen LogP contribution in [-0.4, -0.2) is 37.5 Å². The van der Waals surface area contributed by atoms with Crippen LogP contribution in [0.15, 0.2) is 35.1 Å². The lowest BCUT2D eigenvalue weighted by molar-refractivity contribution is 0.0595. The first-order valence-electron chi connectivity index (χ1n) is 7.76. The fourth-order valence-electron chi connectivity index (χ4n) is 3.24. The highest BCUT2D eigenvalue weighted by Crippen LogP contribution is 2.30. The predicted molar refractivity (Wildman–Crippen MR) is 85.1 cm³/mol. The van der Waals surface area contributed by atoms with Gasteiger partial charge in [0.15, 0.2) is 5.82 Å². The fraction of sp³-hybridized carbons (Fsp3) is 0.312. The fourth-order valence-corrected chi connectivity index (χ4v) is 3.24. The topological polar surface area (TPSA) is 97.6 Å². The number of piperidine rings is 1. The number of H-pyrrole nitrogens is 3. The first-order valence-corrected chi connectivity index (χ1v) is 7.76. The minimum absolute atomic E-state index is 0.0604. The van der Waals surface area contributed by atoms with Crippen molar-refractivity contribution in [1.82, 2.24) is 25.1 Å². The molecule has 7 nitrogen and oxygen atoms in total. The largest absolute Gasteiger partial charge is 0.351 e. The number of nitrogens with zero attached hydrogens (tertiary/aromatic N) is 2. The van der Waals surface area contributed by atoms with E-state index < -0.39 is 0 Å². The number of amides is 1. The lowest BCUT2D eigenvalue weighted by Gasteiger charge is -2.33. The van der Waals surface area contributed by atoms with Gasteiger partial charge in [-0.3, -0.25) is 9.78 Å². The molecule has 1 aliphatic heterocycles. The van der Waals surface area contributed by atoms with Gasteiger partial charge in [-0.05, 0) is 31.4 Å². The monoisotopic (exact) mass is 311 g/mol. The highest BCUT2D eigenvalue weighted by atomic mass is 16.2. The Kier molecular flexibility index (Phi) is 3.25. The van der Waals surface area contributed by atoms with Gasteiger partial charge < -0.3 is 9.88 Å². The molecule has 1 aliphatic rings. The van der Waals surface area contributed by atoms with Gasteiger partial charge in [0, 0.05) is 17.4 Å². The maximum Gasteiger partial charge on any atom is 0.340 e. The van der Waals surface area contributed by atoms with E-state index in [0.29, 0.717) is 18.1 Å². The SMILES string of the molecule is O=C(c1cc2ccccc2[nH]1)N1CCCCC1c1n[nH]c(=O)[nH]1. The number of likely N-dealkylation sites (tertiary alicyclic amines) is 1. The highest BCUT2D eigenvalue weighted by Gasteiger charge is 2.31. The molecule has 1 unspecified atom stereocenters. The third kappa shape index (κ3) is 2.44. The van der Waals surface area contributed by atoms with E-state index in [1.165, 1.54) is 0 Å². The Morgan fingerprint density at radius 1 is 1.22 bits per heavy atom. The second-order valence-electron chi connectivity index (χ2n) is 5.84. The zero-order valence-corrected chi connectivity index (χ0v) is 12.5. The smallest absolute Gasteiger partial charge is 0.340 e. The Labute approximate surface area is 131 Å². The van der Waals surface area contributed by atoms with E-state index in [1.807, 2.05) is 30.3 Å². The Morgan fingerprint density at radius 2 is 2.09 bits per heavy atom. The molecule has 0 radical (unpaired) electrons. The molecule has 0 saturated carbocycles. The van der Waals surface area contributed by atoms with Crippen LogP contribution in [0, 0.1) is 0 Å². The summed E-state index contributed by atoms with van der Waals surface area (Å²) in [5, 5.41) is 7.40. The molecule has 1 fully saturated rings. The lowest BCUT2D eigenvalue weighted by atomic mass is 10.0. The van der Waals surface area contributed by atoms with E-state index in [-0.39, 0.29) is 17.6 Å². The summed E-state index contributed by atoms with van der Waals surface area (Å²) in [4.78, 5) is 31.9. The van der Waals surface area contributed by atoms with E-state index in [2.05, 4.69) is 20.2 Å². The molecule has 3 heterocycles. The maximum absolute atomic E-state index is 12.9. The molecular formula is C16H17N5O2. The van der Waals surface area contributed by atoms with Crippen molar-refractivity contribution in [3.05, 3.63) is 52.3 Å². The van der Waals surface area contributed by atoms with Crippen LogP contribution >= 0.6 is 0 Å². The van der Waals surface area contributed by atoms with E-state index >= 15 is 0 Å². The Morgan fingerprint density at radius 3 is 2.87 bits per heavy atom. The van der Waals surface area contributed by atoms with Gasteiger partial charge in [-0.15, -0.1) is 0 Å². The van der Waals surface area contributed by atoms with Gasteiger partial charge in [0.2, 0.25) is 0 Å². The average molecular weight is 311 g/mol. The van der Waals surface area contributed by atoms with E-state index in [4.69, 9.17) is 0 Å². The van der Waals surface area contributed by atoms with Crippen LogP contribution in [0.5, 0.6) is 0 Å². The molecule has 3 N–H and O–H groups in total. The molecule has 7 heteroatoms. The Balaban J connectivity index is 1.68. The van der Waals surface area contributed by atoms with Crippen LogP contribution < -0.4 is 5.69 Å². The molecular weight excluding hydrogens is 294 g/mol. The zero-order chi connectivity index (χ0) is 15.8. The van der Waals surface area contributed by atoms with Gasteiger partial charge in [-0.1, -0.05) is 18.2 Å². The van der Waals surface area contributed by atoms with Crippen molar-refractivity contribution in [2.24, 2.45) is 0 Å². The summed E-state index contributed by atoms with van der Waals surface area (Å²) in [5.74, 6) is 0.467. The van der Waals surface area contributed by atoms with Crippen LogP contribution in [0.25, 0.3) is 10.9 Å². The van der Waals surface area contributed by atoms with Crippen molar-refractivity contribution in [3.8, 4) is 0 Å². The van der Waals surface area contributed by atoms with Crippen LogP contribution in [0.1, 0.15) is 41.6 Å². The Hall–Kier alpha value is -2.83. The van der Waals surface area contributed by atoms with Gasteiger partial charge in [0.25, 0.3) is 5.91 Å². The van der Waals surface area contributed by atoms with Gasteiger partial charge in [0.1, 0.15) is 5.69 Å². The van der Waals surface area contributed by atoms with Crippen LogP contribution in [-0.2, 0) is 0 Å². The number of carbonyl (C=O) groups is 1. The van der Waals surface area contributed by atoms with E-state index in [0.717, 1.165) is 30.2 Å². The summed E-state index contributed by atoms with van der Waals surface area (Å²) in [6.07, 6.45) is 2.76. The summed E-state index contributed by atoms with van der Waals surface area (Å²) in [6, 6.07) is 9.48. The number of hydrogen-bond acceptors (Lipinski definition) is 3.